The summed E-state index contributed by atoms with van der Waals surface area (Å²) in [5.74, 6) is 4.16. The van der Waals surface area contributed by atoms with Crippen LogP contribution in [0.25, 0.3) is 67.0 Å². The molecular formula is C82H107N31O18. The minimum Gasteiger partial charge on any atom is -0.397 e. The third kappa shape index (κ3) is 12.8. The van der Waals surface area contributed by atoms with Crippen LogP contribution in [0.5, 0.6) is 0 Å². The molecule has 0 aromatic carbocycles. The number of pyridine rings is 1. The third-order valence-electron chi connectivity index (χ3n) is 30.9. The Kier molecular flexibility index (Phi) is 21.2. The van der Waals surface area contributed by atoms with Gasteiger partial charge in [-0.15, -0.1) is 0 Å². The highest BCUT2D eigenvalue weighted by molar-refractivity contribution is 5.90. The third-order valence-corrected chi connectivity index (χ3v) is 30.9. The molecule has 12 aromatic heterocycles. The van der Waals surface area contributed by atoms with Crippen molar-refractivity contribution in [3.8, 4) is 0 Å². The highest BCUT2D eigenvalue weighted by atomic mass is 16.4. The fourth-order valence-corrected chi connectivity index (χ4v) is 23.6. The van der Waals surface area contributed by atoms with Crippen molar-refractivity contribution >= 4 is 114 Å². The van der Waals surface area contributed by atoms with Crippen molar-refractivity contribution in [2.24, 2.45) is 68.0 Å². The molecule has 12 aromatic rings. The smallest absolute Gasteiger partial charge is 0.229 e. The fourth-order valence-electron chi connectivity index (χ4n) is 23.6. The molecule has 0 saturated heterocycles. The Balaban J connectivity index is 0.000000102. The maximum Gasteiger partial charge on any atom is 0.229 e. The number of imidazole rings is 6. The summed E-state index contributed by atoms with van der Waals surface area (Å²) in [7, 11) is 6.60. The lowest BCUT2D eigenvalue weighted by Gasteiger charge is -2.23. The molecule has 30 atom stereocenters. The number of carbonyl (C=O) groups excluding carboxylic acids is 2. The van der Waals surface area contributed by atoms with Crippen LogP contribution in [0.2, 0.25) is 0 Å². The van der Waals surface area contributed by atoms with Crippen LogP contribution in [-0.4, -0.2) is 334 Å². The number of aryl methyl sites for hydroxylation is 5. The van der Waals surface area contributed by atoms with Crippen molar-refractivity contribution in [3.05, 3.63) is 79.3 Å². The lowest BCUT2D eigenvalue weighted by molar-refractivity contribution is -0.132. The SMILES string of the molecule is CNC(=O)[C@@]12C[C@@H]1[C@@H](n1cnc3c(N)nc(C)nc31)C(O)[C@H]2O.CNC(=O)[C@@]12C[C@@H]1[C@@H](n1cnc3c(N)nc(C)nc31)C(O)[C@H]2O.CNc1nc(C)nc2c1ncn2[C@H]1C(O)[C@@H](O)[C@]2(CO)C[C@H]12.CNc1nc(C)nc2c1ncn2[C@H]1C(O)[C@@H](O)[C@]2(CO)C[C@H]12.Cc1nc(N)c2ncn([C@H]3C(O)[C@@H](O)[C@]4(CO)C[C@H]34)c2n1.Nc1ccnc2c1ncn2[C@H]1C(O)[C@@H](O)[C@]2(CO)C[C@H]12. The van der Waals surface area contributed by atoms with E-state index < -0.39 is 118 Å². The predicted molar refractivity (Wildman–Crippen MR) is 461 cm³/mol. The number of fused-ring (bicyclic) bond motifs is 12. The maximum atomic E-state index is 12.2. The molecule has 698 valence electrons. The summed E-state index contributed by atoms with van der Waals surface area (Å²) in [6, 6.07) is -0.601. The Morgan fingerprint density at radius 3 is 0.840 bits per heavy atom. The Bertz CT molecular complexity index is 6270. The highest BCUT2D eigenvalue weighted by Gasteiger charge is 2.78. The van der Waals surface area contributed by atoms with E-state index in [0.29, 0.717) is 158 Å². The maximum absolute atomic E-state index is 12.2. The zero-order valence-corrected chi connectivity index (χ0v) is 72.6. The summed E-state index contributed by atoms with van der Waals surface area (Å²) in [6.07, 6.45) is 3.13. The van der Waals surface area contributed by atoms with Crippen molar-refractivity contribution in [2.75, 3.05) is 88.2 Å². The van der Waals surface area contributed by atoms with Crippen LogP contribution >= 0.6 is 0 Å². The largest absolute Gasteiger partial charge is 0.397 e. The number of carbonyl (C=O) groups is 2. The number of aliphatic hydroxyl groups is 16. The second-order valence-electron chi connectivity index (χ2n) is 37.3. The van der Waals surface area contributed by atoms with Gasteiger partial charge in [0.25, 0.3) is 0 Å². The summed E-state index contributed by atoms with van der Waals surface area (Å²) in [5, 5.41) is 173. The fraction of sp³-hybridized carbons (Fsp3) is 0.598. The summed E-state index contributed by atoms with van der Waals surface area (Å²) in [4.78, 5) is 97.0. The van der Waals surface area contributed by atoms with Gasteiger partial charge in [0.2, 0.25) is 11.8 Å². The van der Waals surface area contributed by atoms with Gasteiger partial charge in [-0.2, -0.15) is 0 Å². The quantitative estimate of drug-likeness (QED) is 0.0483. The molecule has 28 N–H and O–H groups in total. The first-order valence-corrected chi connectivity index (χ1v) is 43.3. The zero-order chi connectivity index (χ0) is 93.3. The van der Waals surface area contributed by atoms with Gasteiger partial charge < -0.3 is 153 Å². The standard InChI is InChI=1S/2C14H18N6O3.2C14H19N5O3.C13H17N5O3.C13H16N4O3/c2*1-5-18-11(15)7-12(19-5)20(4-17-7)8-6-3-14(6,13(23)16-2)10(22)9(8)21;2*1-6-17-12(15-2)8-13(18-6)19(5-16-8)9-7-3-14(7,4-20)11(22)10(9)21;1-5-16-11(14)7-12(17-5)18(4-15-7)8-6-2-13(6,3-19)10(21)9(8)20;14-7-1-2-15-12-8(7)16-5-17(12)9-6-3-13(6,4-18)11(20)10(9)19/h2*4,6,8-10,21-22H,3H2,1-2H3,(H,16,23)(H2,15,18,19);2*5,7,9-11,20-22H,3-4H2,1-2H3,(H,15,17,18);4,6,8-10,19-21H,2-3H2,1H3,(H2,14,16,17);1-2,5-6,9-11,18-20H,3-4H2,(H2,14,15)/t2*6-,8-,9?,10-,14+;2*7-,9-,10?,11-,14+;6-,8-,9?,10-,13+;6-,9-,10?,11-,13+/m111111/s1. The number of hydrogen-bond donors (Lipinski definition) is 24. The number of nitrogens with one attached hydrogen (secondary N) is 4. The summed E-state index contributed by atoms with van der Waals surface area (Å²) < 4.78 is 10.6. The van der Waals surface area contributed by atoms with Gasteiger partial charge in [-0.1, -0.05) is 0 Å². The average Bonchev–Trinajstić information content (AvgIpc) is 1.52. The van der Waals surface area contributed by atoms with E-state index in [1.54, 1.807) is 105 Å². The molecule has 12 heterocycles. The first kappa shape index (κ1) is 88.7. The number of aromatic nitrogens is 23. The van der Waals surface area contributed by atoms with E-state index >= 15 is 0 Å². The molecule has 2 amide bonds. The molecule has 131 heavy (non-hydrogen) atoms. The van der Waals surface area contributed by atoms with Crippen LogP contribution in [0.3, 0.4) is 0 Å². The van der Waals surface area contributed by atoms with Gasteiger partial charge in [0.1, 0.15) is 98.8 Å². The highest BCUT2D eigenvalue weighted by Crippen LogP contribution is 2.73. The van der Waals surface area contributed by atoms with Crippen molar-refractivity contribution in [3.63, 3.8) is 0 Å². The molecule has 24 rings (SSSR count). The van der Waals surface area contributed by atoms with Crippen LogP contribution in [0, 0.1) is 103 Å². The number of anilines is 6. The van der Waals surface area contributed by atoms with Crippen molar-refractivity contribution in [1.29, 1.82) is 0 Å². The Hall–Kier alpha value is -11.5. The van der Waals surface area contributed by atoms with Crippen LogP contribution in [-0.2, 0) is 9.59 Å². The van der Waals surface area contributed by atoms with Crippen molar-refractivity contribution in [1.82, 2.24) is 123 Å². The second-order valence-corrected chi connectivity index (χ2v) is 37.3. The Morgan fingerprint density at radius 2 is 0.573 bits per heavy atom. The molecule has 0 radical (unpaired) electrons. The molecule has 0 aliphatic heterocycles. The Morgan fingerprint density at radius 1 is 0.328 bits per heavy atom. The zero-order valence-electron chi connectivity index (χ0n) is 72.6. The first-order chi connectivity index (χ1) is 62.5. The van der Waals surface area contributed by atoms with E-state index in [-0.39, 0.29) is 110 Å². The number of nitrogen functional groups attached to an aromatic ring is 4. The van der Waals surface area contributed by atoms with Crippen LogP contribution < -0.4 is 44.2 Å². The molecule has 12 fully saturated rings. The number of aliphatic hydroxyl groups excluding tert-OH is 16. The van der Waals surface area contributed by atoms with Crippen LogP contribution in [0.1, 0.15) is 104 Å². The van der Waals surface area contributed by atoms with Gasteiger partial charge in [-0.05, 0) is 103 Å². The number of hydrogen-bond acceptors (Lipinski definition) is 41. The Labute approximate surface area is 742 Å². The van der Waals surface area contributed by atoms with E-state index in [0.717, 1.165) is 0 Å². The van der Waals surface area contributed by atoms with E-state index in [4.69, 9.17) is 22.9 Å². The molecule has 12 saturated carbocycles. The van der Waals surface area contributed by atoms with Crippen molar-refractivity contribution in [2.45, 2.75) is 183 Å². The minimum absolute atomic E-state index is 0.0152. The molecule has 12 aliphatic carbocycles. The van der Waals surface area contributed by atoms with Gasteiger partial charge >= 0.3 is 0 Å². The van der Waals surface area contributed by atoms with Crippen LogP contribution in [0.15, 0.2) is 50.2 Å². The summed E-state index contributed by atoms with van der Waals surface area (Å²) in [6.45, 7) is 8.30. The van der Waals surface area contributed by atoms with Gasteiger partial charge in [0, 0.05) is 67.9 Å². The number of nitrogens with zero attached hydrogens (tertiary/aromatic N) is 23. The molecule has 49 nitrogen and oxygen atoms in total. The number of rotatable bonds is 14. The normalized spacial score (nSPS) is 36.7. The van der Waals surface area contributed by atoms with E-state index in [1.165, 1.54) is 26.7 Å². The minimum atomic E-state index is -1.12. The average molecular weight is 1810 g/mol. The first-order valence-electron chi connectivity index (χ1n) is 43.3. The van der Waals surface area contributed by atoms with Gasteiger partial charge in [0.05, 0.1) is 154 Å². The van der Waals surface area contributed by atoms with E-state index in [1.807, 2.05) is 9.13 Å². The molecule has 0 spiro atoms. The summed E-state index contributed by atoms with van der Waals surface area (Å²) in [5.41, 5.74) is 26.5. The number of amides is 2. The van der Waals surface area contributed by atoms with E-state index in [9.17, 15) is 91.3 Å². The molecular weight excluding hydrogens is 1710 g/mol. The topological polar surface area (TPSA) is 759 Å². The van der Waals surface area contributed by atoms with Gasteiger partial charge in [-0.3, -0.25) is 9.59 Å². The lowest BCUT2D eigenvalue weighted by atomic mass is 9.98. The summed E-state index contributed by atoms with van der Waals surface area (Å²) >= 11 is 0. The number of nitrogens with two attached hydrogens (primary N) is 4. The molecule has 49 heteroatoms. The van der Waals surface area contributed by atoms with Gasteiger partial charge in [0.15, 0.2) is 63.0 Å². The molecule has 6 unspecified atom stereocenters. The predicted octanol–water partition coefficient (Wildman–Crippen LogP) is -5.32. The van der Waals surface area contributed by atoms with Crippen LogP contribution in [0.4, 0.5) is 34.8 Å². The second kappa shape index (κ2) is 31.3. The molecule has 0 bridgehead atoms. The van der Waals surface area contributed by atoms with Crippen molar-refractivity contribution < 1.29 is 91.3 Å². The lowest BCUT2D eigenvalue weighted by Crippen LogP contribution is -2.41. The molecule has 12 aliphatic rings. The monoisotopic (exact) mass is 1810 g/mol. The van der Waals surface area contributed by atoms with Gasteiger partial charge in [-0.25, -0.2) is 84.7 Å². The van der Waals surface area contributed by atoms with E-state index in [2.05, 4.69) is 106 Å².